The van der Waals surface area contributed by atoms with Gasteiger partial charge in [0.1, 0.15) is 6.10 Å². The Kier molecular flexibility index (Phi) is 8.27. The smallest absolute Gasteiger partial charge is 0.203 e. The maximum Gasteiger partial charge on any atom is 0.203 e. The van der Waals surface area contributed by atoms with Crippen LogP contribution in [0.25, 0.3) is 0 Å². The molecule has 0 bridgehead atoms. The van der Waals surface area contributed by atoms with Crippen LogP contribution in [0.5, 0.6) is 34.5 Å². The highest BCUT2D eigenvalue weighted by Crippen LogP contribution is 2.41. The van der Waals surface area contributed by atoms with E-state index in [1.165, 1.54) is 14.2 Å². The van der Waals surface area contributed by atoms with Crippen LogP contribution in [0, 0.1) is 0 Å². The predicted octanol–water partition coefficient (Wildman–Crippen LogP) is 3.36. The average Bonchev–Trinajstić information content (AvgIpc) is 2.74. The van der Waals surface area contributed by atoms with Crippen LogP contribution < -0.4 is 23.7 Å². The summed E-state index contributed by atoms with van der Waals surface area (Å²) in [5.41, 5.74) is 1.86. The van der Waals surface area contributed by atoms with Gasteiger partial charge >= 0.3 is 0 Å². The van der Waals surface area contributed by atoms with Gasteiger partial charge in [-0.1, -0.05) is 13.3 Å². The zero-order chi connectivity index (χ0) is 21.4. The lowest BCUT2D eigenvalue weighted by molar-refractivity contribution is 0.109. The van der Waals surface area contributed by atoms with Crippen molar-refractivity contribution in [3.8, 4) is 34.5 Å². The first-order chi connectivity index (χ1) is 14.0. The highest BCUT2D eigenvalue weighted by molar-refractivity contribution is 5.55. The third-order valence-corrected chi connectivity index (χ3v) is 4.55. The molecule has 7 heteroatoms. The number of hydrogen-bond acceptors (Lipinski definition) is 7. The van der Waals surface area contributed by atoms with Crippen LogP contribution in [0.3, 0.4) is 0 Å². The van der Waals surface area contributed by atoms with E-state index < -0.39 is 6.10 Å². The second-order valence-electron chi connectivity index (χ2n) is 6.55. The molecule has 0 radical (unpaired) electrons. The first-order valence-corrected chi connectivity index (χ1v) is 9.47. The zero-order valence-corrected chi connectivity index (χ0v) is 17.7. The van der Waals surface area contributed by atoms with Crippen molar-refractivity contribution in [3.63, 3.8) is 0 Å². The van der Waals surface area contributed by atoms with Gasteiger partial charge in [0.15, 0.2) is 23.0 Å². The van der Waals surface area contributed by atoms with Crippen LogP contribution in [0.15, 0.2) is 24.3 Å². The molecule has 0 saturated heterocycles. The largest absolute Gasteiger partial charge is 0.502 e. The number of aliphatic hydroxyl groups excluding tert-OH is 1. The molecule has 0 amide bonds. The van der Waals surface area contributed by atoms with E-state index in [4.69, 9.17) is 23.7 Å². The van der Waals surface area contributed by atoms with E-state index in [2.05, 4.69) is 6.92 Å². The molecule has 2 rings (SSSR count). The van der Waals surface area contributed by atoms with Gasteiger partial charge in [0, 0.05) is 6.42 Å². The van der Waals surface area contributed by atoms with Crippen molar-refractivity contribution in [1.29, 1.82) is 0 Å². The minimum absolute atomic E-state index is 0.0740. The summed E-state index contributed by atoms with van der Waals surface area (Å²) in [6.07, 6.45) is 1.67. The normalized spacial score (nSPS) is 11.7. The van der Waals surface area contributed by atoms with Crippen LogP contribution >= 0.6 is 0 Å². The summed E-state index contributed by atoms with van der Waals surface area (Å²) >= 11 is 0. The summed E-state index contributed by atoms with van der Waals surface area (Å²) in [7, 11) is 6.07. The number of aromatic hydroxyl groups is 1. The number of ether oxygens (including phenoxy) is 5. The van der Waals surface area contributed by atoms with E-state index in [-0.39, 0.29) is 23.9 Å². The fraction of sp³-hybridized carbons (Fsp3) is 0.455. The lowest BCUT2D eigenvalue weighted by Gasteiger charge is -2.22. The van der Waals surface area contributed by atoms with Crippen molar-refractivity contribution in [2.45, 2.75) is 32.3 Å². The standard InChI is InChI=1S/C22H30O7/c1-6-7-14-9-19(27-4)22(20(10-14)28-5)29-16(13-23)8-15-11-17(25-2)21(24)18(12-15)26-3/h9-12,16,23-24H,6-8,13H2,1-5H3. The quantitative estimate of drug-likeness (QED) is 0.592. The molecule has 0 aliphatic heterocycles. The van der Waals surface area contributed by atoms with Crippen LogP contribution in [0.4, 0.5) is 0 Å². The van der Waals surface area contributed by atoms with E-state index in [9.17, 15) is 10.2 Å². The third kappa shape index (κ3) is 5.38. The molecule has 1 atom stereocenters. The molecule has 0 aliphatic carbocycles. The van der Waals surface area contributed by atoms with Gasteiger partial charge in [-0.2, -0.15) is 0 Å². The Balaban J connectivity index is 2.33. The summed E-state index contributed by atoms with van der Waals surface area (Å²) in [6, 6.07) is 7.20. The fourth-order valence-corrected chi connectivity index (χ4v) is 3.12. The first-order valence-electron chi connectivity index (χ1n) is 9.47. The molecule has 1 unspecified atom stereocenters. The number of phenols is 1. The molecule has 160 valence electrons. The second kappa shape index (κ2) is 10.7. The Morgan fingerprint density at radius 3 is 1.69 bits per heavy atom. The predicted molar refractivity (Wildman–Crippen MR) is 110 cm³/mol. The molecule has 0 saturated carbocycles. The van der Waals surface area contributed by atoms with Crippen molar-refractivity contribution in [2.75, 3.05) is 35.0 Å². The van der Waals surface area contributed by atoms with E-state index in [1.54, 1.807) is 26.4 Å². The lowest BCUT2D eigenvalue weighted by Crippen LogP contribution is -2.24. The molecule has 29 heavy (non-hydrogen) atoms. The number of methoxy groups -OCH3 is 4. The number of aliphatic hydroxyl groups is 1. The minimum Gasteiger partial charge on any atom is -0.502 e. The van der Waals surface area contributed by atoms with Crippen molar-refractivity contribution in [2.24, 2.45) is 0 Å². The molecule has 2 aromatic carbocycles. The number of phenolic OH excluding ortho intramolecular Hbond substituents is 1. The van der Waals surface area contributed by atoms with E-state index >= 15 is 0 Å². The molecule has 0 spiro atoms. The van der Waals surface area contributed by atoms with Crippen LogP contribution in [-0.2, 0) is 12.8 Å². The summed E-state index contributed by atoms with van der Waals surface area (Å²) in [6.45, 7) is 1.87. The molecule has 2 aromatic rings. The Hall–Kier alpha value is -2.80. The minimum atomic E-state index is -0.575. The van der Waals surface area contributed by atoms with Gasteiger partial charge in [-0.05, 0) is 41.8 Å². The molecule has 0 fully saturated rings. The Morgan fingerprint density at radius 1 is 0.793 bits per heavy atom. The summed E-state index contributed by atoms with van der Waals surface area (Å²) in [5.74, 6) is 2.03. The Labute approximate surface area is 171 Å². The fourth-order valence-electron chi connectivity index (χ4n) is 3.12. The van der Waals surface area contributed by atoms with Gasteiger partial charge in [-0.25, -0.2) is 0 Å². The van der Waals surface area contributed by atoms with Crippen LogP contribution in [0.1, 0.15) is 24.5 Å². The second-order valence-corrected chi connectivity index (χ2v) is 6.55. The van der Waals surface area contributed by atoms with Crippen LogP contribution in [-0.4, -0.2) is 51.4 Å². The Morgan fingerprint density at radius 2 is 1.28 bits per heavy atom. The van der Waals surface area contributed by atoms with E-state index in [0.717, 1.165) is 24.0 Å². The number of rotatable bonds is 11. The van der Waals surface area contributed by atoms with Crippen molar-refractivity contribution >= 4 is 0 Å². The number of hydrogen-bond donors (Lipinski definition) is 2. The average molecular weight is 406 g/mol. The molecule has 7 nitrogen and oxygen atoms in total. The first kappa shape index (κ1) is 22.5. The Bertz CT molecular complexity index is 754. The van der Waals surface area contributed by atoms with Gasteiger partial charge in [-0.3, -0.25) is 0 Å². The third-order valence-electron chi connectivity index (χ3n) is 4.55. The molecular weight excluding hydrogens is 376 g/mol. The van der Waals surface area contributed by atoms with Gasteiger partial charge < -0.3 is 33.9 Å². The molecule has 0 aromatic heterocycles. The van der Waals surface area contributed by atoms with Crippen LogP contribution in [0.2, 0.25) is 0 Å². The highest BCUT2D eigenvalue weighted by atomic mass is 16.5. The summed E-state index contributed by atoms with van der Waals surface area (Å²) in [5, 5.41) is 20.0. The van der Waals surface area contributed by atoms with Gasteiger partial charge in [-0.15, -0.1) is 0 Å². The topological polar surface area (TPSA) is 86.6 Å². The number of aryl methyl sites for hydroxylation is 1. The molecule has 0 aliphatic rings. The monoisotopic (exact) mass is 406 g/mol. The molecular formula is C22H30O7. The molecule has 0 heterocycles. The highest BCUT2D eigenvalue weighted by Gasteiger charge is 2.21. The van der Waals surface area contributed by atoms with Crippen molar-refractivity contribution < 1.29 is 33.9 Å². The van der Waals surface area contributed by atoms with Gasteiger partial charge in [0.2, 0.25) is 11.5 Å². The van der Waals surface area contributed by atoms with Gasteiger partial charge in [0.05, 0.1) is 35.0 Å². The summed E-state index contributed by atoms with van der Waals surface area (Å²) < 4.78 is 27.5. The van der Waals surface area contributed by atoms with Crippen molar-refractivity contribution in [3.05, 3.63) is 35.4 Å². The zero-order valence-electron chi connectivity index (χ0n) is 17.7. The van der Waals surface area contributed by atoms with E-state index in [1.807, 2.05) is 12.1 Å². The van der Waals surface area contributed by atoms with Crippen molar-refractivity contribution in [1.82, 2.24) is 0 Å². The maximum atomic E-state index is 10.1. The maximum absolute atomic E-state index is 10.1. The molecule has 2 N–H and O–H groups in total. The number of benzene rings is 2. The van der Waals surface area contributed by atoms with E-state index in [0.29, 0.717) is 23.7 Å². The lowest BCUT2D eigenvalue weighted by atomic mass is 10.1. The summed E-state index contributed by atoms with van der Waals surface area (Å²) in [4.78, 5) is 0. The van der Waals surface area contributed by atoms with Gasteiger partial charge in [0.25, 0.3) is 0 Å². The SMILES string of the molecule is CCCc1cc(OC)c(OC(CO)Cc2cc(OC)c(O)c(OC)c2)c(OC)c1.